The molecule has 0 aromatic heterocycles. The molecule has 0 spiro atoms. The van der Waals surface area contributed by atoms with Crippen LogP contribution >= 0.6 is 0 Å². The molecule has 0 aliphatic heterocycles. The molecule has 4 nitrogen and oxygen atoms in total. The van der Waals surface area contributed by atoms with Gasteiger partial charge in [0.2, 0.25) is 0 Å². The van der Waals surface area contributed by atoms with Crippen LogP contribution in [0.4, 0.5) is 0 Å². The number of methoxy groups -OCH3 is 1. The molecule has 0 radical (unpaired) electrons. The van der Waals surface area contributed by atoms with Gasteiger partial charge in [0.05, 0.1) is 19.3 Å². The SMILES string of the molecule is CCOC(=O)c1cccc(C(=O)c2ccc(OC)cc2)c1. The normalized spacial score (nSPS) is 10.0. The Balaban J connectivity index is 2.26. The van der Waals surface area contributed by atoms with Crippen LogP contribution in [-0.2, 0) is 4.74 Å². The largest absolute Gasteiger partial charge is 0.497 e. The Hall–Kier alpha value is -2.62. The minimum absolute atomic E-state index is 0.149. The second-order valence-corrected chi connectivity index (χ2v) is 4.36. The lowest BCUT2D eigenvalue weighted by atomic mass is 10.0. The molecule has 2 aromatic carbocycles. The monoisotopic (exact) mass is 284 g/mol. The van der Waals surface area contributed by atoms with Crippen LogP contribution in [0, 0.1) is 0 Å². The molecule has 0 N–H and O–H groups in total. The molecule has 0 amide bonds. The molecular formula is C17H16O4. The highest BCUT2D eigenvalue weighted by molar-refractivity contribution is 6.10. The molecule has 21 heavy (non-hydrogen) atoms. The van der Waals surface area contributed by atoms with Crippen molar-refractivity contribution in [2.24, 2.45) is 0 Å². The van der Waals surface area contributed by atoms with Crippen molar-refractivity contribution in [3.8, 4) is 5.75 Å². The zero-order chi connectivity index (χ0) is 15.2. The Morgan fingerprint density at radius 3 is 2.24 bits per heavy atom. The second-order valence-electron chi connectivity index (χ2n) is 4.36. The maximum absolute atomic E-state index is 12.4. The van der Waals surface area contributed by atoms with Crippen molar-refractivity contribution in [1.29, 1.82) is 0 Å². The number of hydrogen-bond acceptors (Lipinski definition) is 4. The van der Waals surface area contributed by atoms with Crippen LogP contribution in [0.25, 0.3) is 0 Å². The fourth-order valence-corrected chi connectivity index (χ4v) is 1.91. The standard InChI is InChI=1S/C17H16O4/c1-3-21-17(19)14-6-4-5-13(11-14)16(18)12-7-9-15(20-2)10-8-12/h4-11H,3H2,1-2H3. The van der Waals surface area contributed by atoms with Gasteiger partial charge in [-0.15, -0.1) is 0 Å². The quantitative estimate of drug-likeness (QED) is 0.625. The van der Waals surface area contributed by atoms with Crippen LogP contribution in [0.2, 0.25) is 0 Å². The first-order valence-electron chi connectivity index (χ1n) is 6.61. The van der Waals surface area contributed by atoms with Gasteiger partial charge in [-0.1, -0.05) is 12.1 Å². The number of hydrogen-bond donors (Lipinski definition) is 0. The summed E-state index contributed by atoms with van der Waals surface area (Å²) in [5, 5.41) is 0. The summed E-state index contributed by atoms with van der Waals surface area (Å²) < 4.78 is 9.99. The van der Waals surface area contributed by atoms with E-state index in [1.165, 1.54) is 0 Å². The van der Waals surface area contributed by atoms with E-state index in [-0.39, 0.29) is 5.78 Å². The third-order valence-electron chi connectivity index (χ3n) is 2.99. The van der Waals surface area contributed by atoms with Crippen LogP contribution in [-0.4, -0.2) is 25.5 Å². The zero-order valence-corrected chi connectivity index (χ0v) is 12.0. The lowest BCUT2D eigenvalue weighted by molar-refractivity contribution is 0.0526. The predicted octanol–water partition coefficient (Wildman–Crippen LogP) is 3.10. The summed E-state index contributed by atoms with van der Waals surface area (Å²) >= 11 is 0. The number of rotatable bonds is 5. The van der Waals surface area contributed by atoms with Crippen molar-refractivity contribution < 1.29 is 19.1 Å². The molecule has 0 unspecified atom stereocenters. The van der Waals surface area contributed by atoms with Crippen LogP contribution in [0.3, 0.4) is 0 Å². The molecule has 0 heterocycles. The van der Waals surface area contributed by atoms with Gasteiger partial charge in [0.1, 0.15) is 5.75 Å². The highest BCUT2D eigenvalue weighted by Gasteiger charge is 2.13. The minimum atomic E-state index is -0.429. The van der Waals surface area contributed by atoms with Gasteiger partial charge < -0.3 is 9.47 Å². The van der Waals surface area contributed by atoms with Crippen LogP contribution in [0.15, 0.2) is 48.5 Å². The highest BCUT2D eigenvalue weighted by Crippen LogP contribution is 2.16. The average molecular weight is 284 g/mol. The van der Waals surface area contributed by atoms with Gasteiger partial charge in [0.15, 0.2) is 5.78 Å². The first kappa shape index (κ1) is 14.8. The van der Waals surface area contributed by atoms with Crippen molar-refractivity contribution in [2.45, 2.75) is 6.92 Å². The number of ether oxygens (including phenoxy) is 2. The molecule has 2 aromatic rings. The lowest BCUT2D eigenvalue weighted by Gasteiger charge is -2.05. The van der Waals surface area contributed by atoms with E-state index in [4.69, 9.17) is 9.47 Å². The minimum Gasteiger partial charge on any atom is -0.497 e. The molecule has 0 saturated carbocycles. The summed E-state index contributed by atoms with van der Waals surface area (Å²) in [4.78, 5) is 24.1. The highest BCUT2D eigenvalue weighted by atomic mass is 16.5. The summed E-state index contributed by atoms with van der Waals surface area (Å²) in [5.74, 6) is 0.109. The summed E-state index contributed by atoms with van der Waals surface area (Å²) in [7, 11) is 1.57. The number of benzene rings is 2. The Kier molecular flexibility index (Phi) is 4.72. The summed E-state index contributed by atoms with van der Waals surface area (Å²) in [5.41, 5.74) is 1.36. The molecule has 0 fully saturated rings. The van der Waals surface area contributed by atoms with Gasteiger partial charge in [-0.3, -0.25) is 4.79 Å². The molecule has 0 bridgehead atoms. The molecule has 4 heteroatoms. The summed E-state index contributed by atoms with van der Waals surface area (Å²) in [6, 6.07) is 13.4. The van der Waals surface area contributed by atoms with E-state index < -0.39 is 5.97 Å². The van der Waals surface area contributed by atoms with Crippen LogP contribution < -0.4 is 4.74 Å². The fourth-order valence-electron chi connectivity index (χ4n) is 1.91. The van der Waals surface area contributed by atoms with Crippen molar-refractivity contribution in [1.82, 2.24) is 0 Å². The molecule has 0 saturated heterocycles. The maximum atomic E-state index is 12.4. The van der Waals surface area contributed by atoms with Gasteiger partial charge in [0, 0.05) is 11.1 Å². The Morgan fingerprint density at radius 2 is 1.62 bits per heavy atom. The zero-order valence-electron chi connectivity index (χ0n) is 12.0. The third-order valence-corrected chi connectivity index (χ3v) is 2.99. The average Bonchev–Trinajstić information content (AvgIpc) is 2.54. The Morgan fingerprint density at radius 1 is 0.952 bits per heavy atom. The third kappa shape index (κ3) is 3.48. The van der Waals surface area contributed by atoms with Crippen molar-refractivity contribution in [2.75, 3.05) is 13.7 Å². The second kappa shape index (κ2) is 6.70. The van der Waals surface area contributed by atoms with E-state index >= 15 is 0 Å². The molecule has 0 aliphatic carbocycles. The van der Waals surface area contributed by atoms with Crippen molar-refractivity contribution >= 4 is 11.8 Å². The lowest BCUT2D eigenvalue weighted by Crippen LogP contribution is -2.07. The number of carbonyl (C=O) groups excluding carboxylic acids is 2. The Labute approximate surface area is 123 Å². The van der Waals surface area contributed by atoms with Gasteiger partial charge >= 0.3 is 5.97 Å². The van der Waals surface area contributed by atoms with Gasteiger partial charge in [-0.2, -0.15) is 0 Å². The fraction of sp³-hybridized carbons (Fsp3) is 0.176. The molecule has 0 aliphatic rings. The first-order chi connectivity index (χ1) is 10.2. The topological polar surface area (TPSA) is 52.6 Å². The van der Waals surface area contributed by atoms with E-state index in [9.17, 15) is 9.59 Å². The van der Waals surface area contributed by atoms with E-state index in [1.54, 1.807) is 62.6 Å². The molecule has 0 atom stereocenters. The van der Waals surface area contributed by atoms with E-state index in [2.05, 4.69) is 0 Å². The number of ketones is 1. The van der Waals surface area contributed by atoms with Gasteiger partial charge in [-0.25, -0.2) is 4.79 Å². The summed E-state index contributed by atoms with van der Waals surface area (Å²) in [6.07, 6.45) is 0. The van der Waals surface area contributed by atoms with Crippen LogP contribution in [0.1, 0.15) is 33.2 Å². The Bertz CT molecular complexity index is 644. The number of esters is 1. The molecular weight excluding hydrogens is 268 g/mol. The van der Waals surface area contributed by atoms with Gasteiger partial charge in [0.25, 0.3) is 0 Å². The molecule has 2 rings (SSSR count). The first-order valence-corrected chi connectivity index (χ1v) is 6.61. The van der Waals surface area contributed by atoms with Crippen molar-refractivity contribution in [3.63, 3.8) is 0 Å². The van der Waals surface area contributed by atoms with Gasteiger partial charge in [-0.05, 0) is 43.3 Å². The van der Waals surface area contributed by atoms with E-state index in [1.807, 2.05) is 0 Å². The molecule has 108 valence electrons. The number of carbonyl (C=O) groups is 2. The predicted molar refractivity (Wildman–Crippen MR) is 78.8 cm³/mol. The van der Waals surface area contributed by atoms with Crippen LogP contribution in [0.5, 0.6) is 5.75 Å². The van der Waals surface area contributed by atoms with E-state index in [0.29, 0.717) is 29.0 Å². The smallest absolute Gasteiger partial charge is 0.338 e. The van der Waals surface area contributed by atoms with E-state index in [0.717, 1.165) is 0 Å². The van der Waals surface area contributed by atoms with Crippen molar-refractivity contribution in [3.05, 3.63) is 65.2 Å². The maximum Gasteiger partial charge on any atom is 0.338 e. The summed E-state index contributed by atoms with van der Waals surface area (Å²) in [6.45, 7) is 2.04.